The fourth-order valence-corrected chi connectivity index (χ4v) is 4.27. The Balaban J connectivity index is 1.63. The van der Waals surface area contributed by atoms with Crippen LogP contribution in [0, 0.1) is 11.3 Å². The van der Waals surface area contributed by atoms with Gasteiger partial charge in [-0.05, 0) is 76.3 Å². The summed E-state index contributed by atoms with van der Waals surface area (Å²) in [6.07, 6.45) is 9.93. The normalized spacial score (nSPS) is 38.1. The molecule has 1 atom stereocenters. The topological polar surface area (TPSA) is 15.3 Å². The van der Waals surface area contributed by atoms with Gasteiger partial charge in [0, 0.05) is 18.1 Å². The van der Waals surface area contributed by atoms with E-state index in [1.165, 1.54) is 64.6 Å². The lowest BCUT2D eigenvalue weighted by molar-refractivity contribution is 0.0877. The van der Waals surface area contributed by atoms with E-state index in [1.807, 2.05) is 0 Å². The molecule has 1 aliphatic heterocycles. The van der Waals surface area contributed by atoms with Crippen LogP contribution in [0.4, 0.5) is 0 Å². The smallest absolute Gasteiger partial charge is 0.0308 e. The molecule has 3 fully saturated rings. The Hall–Kier alpha value is -0.0800. The van der Waals surface area contributed by atoms with Gasteiger partial charge in [0.15, 0.2) is 0 Å². The molecule has 2 saturated carbocycles. The molecule has 1 N–H and O–H groups in total. The van der Waals surface area contributed by atoms with Gasteiger partial charge in [-0.15, -0.1) is 0 Å². The zero-order chi connectivity index (χ0) is 13.5. The number of nitrogens with zero attached hydrogens (tertiary/aromatic N) is 1. The molecule has 0 aromatic carbocycles. The van der Waals surface area contributed by atoms with Gasteiger partial charge in [0.1, 0.15) is 0 Å². The highest BCUT2D eigenvalue weighted by Crippen LogP contribution is 2.42. The molecule has 0 aromatic heterocycles. The van der Waals surface area contributed by atoms with Crippen molar-refractivity contribution < 1.29 is 0 Å². The van der Waals surface area contributed by atoms with E-state index in [-0.39, 0.29) is 0 Å². The summed E-state index contributed by atoms with van der Waals surface area (Å²) in [4.78, 5) is 2.84. The molecule has 0 aromatic rings. The van der Waals surface area contributed by atoms with Crippen molar-refractivity contribution in [3.63, 3.8) is 0 Å². The Bertz CT molecular complexity index is 311. The van der Waals surface area contributed by atoms with E-state index < -0.39 is 0 Å². The second kappa shape index (κ2) is 5.04. The van der Waals surface area contributed by atoms with Gasteiger partial charge in [-0.1, -0.05) is 13.8 Å². The van der Waals surface area contributed by atoms with Crippen LogP contribution >= 0.6 is 0 Å². The lowest BCUT2D eigenvalue weighted by Gasteiger charge is -2.42. The quantitative estimate of drug-likeness (QED) is 0.822. The molecule has 1 saturated heterocycles. The molecule has 110 valence electrons. The van der Waals surface area contributed by atoms with E-state index in [0.717, 1.165) is 12.0 Å². The number of hydrogen-bond acceptors (Lipinski definition) is 2. The highest BCUT2D eigenvalue weighted by molar-refractivity contribution is 5.02. The molecule has 0 bridgehead atoms. The van der Waals surface area contributed by atoms with Crippen molar-refractivity contribution in [3.05, 3.63) is 0 Å². The Morgan fingerprint density at radius 2 is 1.68 bits per heavy atom. The van der Waals surface area contributed by atoms with Gasteiger partial charge < -0.3 is 5.32 Å². The van der Waals surface area contributed by atoms with Gasteiger partial charge in [-0.3, -0.25) is 4.90 Å². The van der Waals surface area contributed by atoms with E-state index in [9.17, 15) is 0 Å². The Morgan fingerprint density at radius 1 is 1.00 bits per heavy atom. The second-order valence-corrected chi connectivity index (χ2v) is 8.34. The molecule has 1 unspecified atom stereocenters. The maximum absolute atomic E-state index is 3.86. The van der Waals surface area contributed by atoms with Gasteiger partial charge in [-0.25, -0.2) is 0 Å². The maximum atomic E-state index is 3.86. The third kappa shape index (κ3) is 3.16. The summed E-state index contributed by atoms with van der Waals surface area (Å²) in [5.74, 6) is 0.952. The lowest BCUT2D eigenvalue weighted by atomic mass is 9.75. The highest BCUT2D eigenvalue weighted by Gasteiger charge is 2.44. The van der Waals surface area contributed by atoms with Crippen LogP contribution in [0.3, 0.4) is 0 Å². The molecule has 2 nitrogen and oxygen atoms in total. The van der Waals surface area contributed by atoms with Crippen molar-refractivity contribution in [1.29, 1.82) is 0 Å². The molecule has 0 spiro atoms. The molecule has 0 amide bonds. The fourth-order valence-electron chi connectivity index (χ4n) is 4.27. The van der Waals surface area contributed by atoms with Crippen molar-refractivity contribution in [2.24, 2.45) is 11.3 Å². The summed E-state index contributed by atoms with van der Waals surface area (Å²) in [7, 11) is 0. The van der Waals surface area contributed by atoms with Crippen LogP contribution in [0.25, 0.3) is 0 Å². The zero-order valence-corrected chi connectivity index (χ0v) is 13.2. The van der Waals surface area contributed by atoms with Crippen molar-refractivity contribution in [2.75, 3.05) is 19.6 Å². The first kappa shape index (κ1) is 13.9. The van der Waals surface area contributed by atoms with Crippen LogP contribution in [0.2, 0.25) is 0 Å². The molecular weight excluding hydrogens is 232 g/mol. The van der Waals surface area contributed by atoms with Crippen LogP contribution in [0.15, 0.2) is 0 Å². The monoisotopic (exact) mass is 264 g/mol. The first-order valence-corrected chi connectivity index (χ1v) is 8.48. The van der Waals surface area contributed by atoms with Crippen LogP contribution in [-0.2, 0) is 0 Å². The SMILES string of the molecule is CC1(C)CCC(N2CCCNC(C)(C3CC3)C2)CC1. The minimum atomic E-state index is 0.406. The Morgan fingerprint density at radius 3 is 2.32 bits per heavy atom. The average molecular weight is 264 g/mol. The van der Waals surface area contributed by atoms with E-state index in [4.69, 9.17) is 0 Å². The predicted octanol–water partition coefficient (Wildman–Crippen LogP) is 3.42. The van der Waals surface area contributed by atoms with Crippen LogP contribution < -0.4 is 5.32 Å². The van der Waals surface area contributed by atoms with Gasteiger partial charge in [-0.2, -0.15) is 0 Å². The minimum absolute atomic E-state index is 0.406. The molecule has 3 rings (SSSR count). The van der Waals surface area contributed by atoms with Gasteiger partial charge >= 0.3 is 0 Å². The minimum Gasteiger partial charge on any atom is -0.310 e. The first-order valence-electron chi connectivity index (χ1n) is 8.48. The molecule has 19 heavy (non-hydrogen) atoms. The number of rotatable bonds is 2. The van der Waals surface area contributed by atoms with Crippen molar-refractivity contribution >= 4 is 0 Å². The third-order valence-corrected chi connectivity index (χ3v) is 5.99. The largest absolute Gasteiger partial charge is 0.310 e. The standard InChI is InChI=1S/C17H32N2/c1-16(2)9-7-15(8-10-16)19-12-4-11-18-17(3,13-19)14-5-6-14/h14-15,18H,4-13H2,1-3H3. The summed E-state index contributed by atoms with van der Waals surface area (Å²) in [6, 6.07) is 0.867. The van der Waals surface area contributed by atoms with Gasteiger partial charge in [0.25, 0.3) is 0 Å². The molecular formula is C17H32N2. The molecule has 3 aliphatic rings. The van der Waals surface area contributed by atoms with Crippen LogP contribution in [0.1, 0.15) is 65.7 Å². The van der Waals surface area contributed by atoms with Crippen molar-refractivity contribution in [3.8, 4) is 0 Å². The third-order valence-electron chi connectivity index (χ3n) is 5.99. The summed E-state index contributed by atoms with van der Waals surface area (Å²) in [5.41, 5.74) is 1.00. The highest BCUT2D eigenvalue weighted by atomic mass is 15.2. The van der Waals surface area contributed by atoms with Crippen molar-refractivity contribution in [1.82, 2.24) is 10.2 Å². The molecule has 2 aliphatic carbocycles. The first-order chi connectivity index (χ1) is 8.99. The predicted molar refractivity (Wildman–Crippen MR) is 81.4 cm³/mol. The summed E-state index contributed by atoms with van der Waals surface area (Å²) in [5, 5.41) is 3.86. The van der Waals surface area contributed by atoms with E-state index in [0.29, 0.717) is 11.0 Å². The fraction of sp³-hybridized carbons (Fsp3) is 1.00. The summed E-state index contributed by atoms with van der Waals surface area (Å²) in [6.45, 7) is 11.2. The molecule has 0 radical (unpaired) electrons. The lowest BCUT2D eigenvalue weighted by Crippen LogP contribution is -2.53. The molecule has 1 heterocycles. The van der Waals surface area contributed by atoms with E-state index >= 15 is 0 Å². The second-order valence-electron chi connectivity index (χ2n) is 8.34. The number of nitrogens with one attached hydrogen (secondary N) is 1. The zero-order valence-electron chi connectivity index (χ0n) is 13.2. The maximum Gasteiger partial charge on any atom is 0.0308 e. The molecule has 2 heteroatoms. The van der Waals surface area contributed by atoms with Crippen molar-refractivity contribution in [2.45, 2.75) is 77.3 Å². The van der Waals surface area contributed by atoms with Gasteiger partial charge in [0.2, 0.25) is 0 Å². The van der Waals surface area contributed by atoms with Gasteiger partial charge in [0.05, 0.1) is 0 Å². The van der Waals surface area contributed by atoms with Crippen LogP contribution in [-0.4, -0.2) is 36.1 Å². The average Bonchev–Trinajstić information content (AvgIpc) is 3.16. The number of hydrogen-bond donors (Lipinski definition) is 1. The summed E-state index contributed by atoms with van der Waals surface area (Å²) < 4.78 is 0. The van der Waals surface area contributed by atoms with E-state index in [2.05, 4.69) is 31.0 Å². The summed E-state index contributed by atoms with van der Waals surface area (Å²) >= 11 is 0. The van der Waals surface area contributed by atoms with E-state index in [1.54, 1.807) is 0 Å². The van der Waals surface area contributed by atoms with Crippen LogP contribution in [0.5, 0.6) is 0 Å². The Labute approximate surface area is 119 Å². The Kier molecular flexibility index (Phi) is 3.68.